The Bertz CT molecular complexity index is 490. The highest BCUT2D eigenvalue weighted by molar-refractivity contribution is 5.25. The molecule has 23 heavy (non-hydrogen) atoms. The van der Waals surface area contributed by atoms with E-state index >= 15 is 0 Å². The van der Waals surface area contributed by atoms with Crippen molar-refractivity contribution in [2.75, 3.05) is 46.2 Å². The SMILES string of the molecule is Cc1c(O)c(=O)ccn1CCCOCCOCCOCCCN. The van der Waals surface area contributed by atoms with Gasteiger partial charge in [-0.05, 0) is 26.3 Å². The lowest BCUT2D eigenvalue weighted by molar-refractivity contribution is 0.0135. The van der Waals surface area contributed by atoms with Crippen LogP contribution in [0.2, 0.25) is 0 Å². The van der Waals surface area contributed by atoms with Gasteiger partial charge in [-0.2, -0.15) is 0 Å². The fourth-order valence-electron chi connectivity index (χ4n) is 1.97. The van der Waals surface area contributed by atoms with E-state index in [1.165, 1.54) is 6.07 Å². The van der Waals surface area contributed by atoms with Crippen molar-refractivity contribution in [1.82, 2.24) is 4.57 Å². The molecule has 0 spiro atoms. The first-order chi connectivity index (χ1) is 11.2. The minimum atomic E-state index is -0.348. The number of aryl methyl sites for hydroxylation is 1. The van der Waals surface area contributed by atoms with Crippen molar-refractivity contribution in [1.29, 1.82) is 0 Å². The van der Waals surface area contributed by atoms with Gasteiger partial charge in [-0.25, -0.2) is 0 Å². The lowest BCUT2D eigenvalue weighted by Gasteiger charge is -2.11. The molecule has 1 aromatic rings. The van der Waals surface area contributed by atoms with Crippen LogP contribution in [0.4, 0.5) is 0 Å². The maximum Gasteiger partial charge on any atom is 0.223 e. The first kappa shape index (κ1) is 19.6. The molecule has 132 valence electrons. The highest BCUT2D eigenvalue weighted by atomic mass is 16.5. The summed E-state index contributed by atoms with van der Waals surface area (Å²) < 4.78 is 18.0. The van der Waals surface area contributed by atoms with Gasteiger partial charge in [-0.1, -0.05) is 0 Å². The van der Waals surface area contributed by atoms with Gasteiger partial charge in [-0.15, -0.1) is 0 Å². The van der Waals surface area contributed by atoms with Crippen molar-refractivity contribution in [2.24, 2.45) is 5.73 Å². The summed E-state index contributed by atoms with van der Waals surface area (Å²) in [5.41, 5.74) is 5.58. The van der Waals surface area contributed by atoms with Gasteiger partial charge in [0.05, 0.1) is 32.1 Å². The summed E-state index contributed by atoms with van der Waals surface area (Å²) in [6.45, 7) is 6.55. The Kier molecular flexibility index (Phi) is 10.3. The second-order valence-corrected chi connectivity index (χ2v) is 5.14. The highest BCUT2D eigenvalue weighted by Crippen LogP contribution is 2.09. The van der Waals surface area contributed by atoms with E-state index in [-0.39, 0.29) is 11.2 Å². The minimum absolute atomic E-state index is 0.185. The Morgan fingerprint density at radius 3 is 2.22 bits per heavy atom. The Hall–Kier alpha value is -1.41. The zero-order valence-electron chi connectivity index (χ0n) is 13.8. The lowest BCUT2D eigenvalue weighted by atomic mass is 10.3. The normalized spacial score (nSPS) is 11.0. The first-order valence-electron chi connectivity index (χ1n) is 7.99. The van der Waals surface area contributed by atoms with Crippen LogP contribution in [-0.2, 0) is 20.8 Å². The van der Waals surface area contributed by atoms with Gasteiger partial charge in [-0.3, -0.25) is 4.79 Å². The third kappa shape index (κ3) is 8.13. The number of nitrogens with two attached hydrogens (primary N) is 1. The van der Waals surface area contributed by atoms with Crippen LogP contribution < -0.4 is 11.2 Å². The number of pyridine rings is 1. The summed E-state index contributed by atoms with van der Waals surface area (Å²) in [7, 11) is 0. The first-order valence-corrected chi connectivity index (χ1v) is 7.99. The molecule has 1 rings (SSSR count). The topological polar surface area (TPSA) is 95.9 Å². The predicted molar refractivity (Wildman–Crippen MR) is 87.8 cm³/mol. The zero-order chi connectivity index (χ0) is 16.9. The van der Waals surface area contributed by atoms with E-state index in [9.17, 15) is 9.90 Å². The molecule has 0 amide bonds. The molecule has 0 bridgehead atoms. The van der Waals surface area contributed by atoms with Gasteiger partial charge in [0.25, 0.3) is 0 Å². The molecule has 0 unspecified atom stereocenters. The molecule has 0 aliphatic heterocycles. The van der Waals surface area contributed by atoms with E-state index in [4.69, 9.17) is 19.9 Å². The largest absolute Gasteiger partial charge is 0.503 e. The lowest BCUT2D eigenvalue weighted by Crippen LogP contribution is -2.13. The molecule has 3 N–H and O–H groups in total. The average molecular weight is 328 g/mol. The van der Waals surface area contributed by atoms with Gasteiger partial charge >= 0.3 is 0 Å². The Morgan fingerprint density at radius 1 is 1.04 bits per heavy atom. The highest BCUT2D eigenvalue weighted by Gasteiger charge is 2.04. The van der Waals surface area contributed by atoms with Crippen LogP contribution >= 0.6 is 0 Å². The summed E-state index contributed by atoms with van der Waals surface area (Å²) in [5, 5.41) is 9.58. The van der Waals surface area contributed by atoms with E-state index in [1.54, 1.807) is 13.1 Å². The van der Waals surface area contributed by atoms with Crippen LogP contribution in [-0.4, -0.2) is 55.9 Å². The standard InChI is InChI=1S/C16H28N2O5/c1-14-16(20)15(19)4-7-18(14)6-3-9-22-11-13-23-12-10-21-8-2-5-17/h4,7,20H,2-3,5-6,8-13,17H2,1H3. The molecule has 0 aromatic carbocycles. The van der Waals surface area contributed by atoms with E-state index in [0.717, 1.165) is 12.8 Å². The summed E-state index contributed by atoms with van der Waals surface area (Å²) in [5.74, 6) is -0.185. The van der Waals surface area contributed by atoms with Crippen molar-refractivity contribution in [2.45, 2.75) is 26.3 Å². The number of hydrogen-bond donors (Lipinski definition) is 2. The van der Waals surface area contributed by atoms with Crippen molar-refractivity contribution in [3.05, 3.63) is 28.2 Å². The van der Waals surface area contributed by atoms with Crippen molar-refractivity contribution < 1.29 is 19.3 Å². The van der Waals surface area contributed by atoms with Crippen LogP contribution in [0.25, 0.3) is 0 Å². The molecule has 1 heterocycles. The second kappa shape index (κ2) is 12.1. The number of aromatic hydroxyl groups is 1. The van der Waals surface area contributed by atoms with Gasteiger partial charge in [0, 0.05) is 32.0 Å². The van der Waals surface area contributed by atoms with Crippen LogP contribution in [0.15, 0.2) is 17.1 Å². The molecular weight excluding hydrogens is 300 g/mol. The quantitative estimate of drug-likeness (QED) is 0.516. The van der Waals surface area contributed by atoms with Crippen LogP contribution in [0, 0.1) is 6.92 Å². The van der Waals surface area contributed by atoms with Gasteiger partial charge in [0.2, 0.25) is 5.43 Å². The maximum absolute atomic E-state index is 11.3. The fraction of sp³-hybridized carbons (Fsp3) is 0.688. The Balaban J connectivity index is 1.98. The third-order valence-electron chi connectivity index (χ3n) is 3.34. The molecule has 0 aliphatic rings. The number of nitrogens with zero attached hydrogens (tertiary/aromatic N) is 1. The number of rotatable bonds is 13. The summed E-state index contributed by atoms with van der Waals surface area (Å²) in [6, 6.07) is 1.37. The van der Waals surface area contributed by atoms with Crippen molar-refractivity contribution in [3.63, 3.8) is 0 Å². The van der Waals surface area contributed by atoms with E-state index in [1.807, 2.05) is 4.57 Å². The van der Waals surface area contributed by atoms with Gasteiger partial charge in [0.1, 0.15) is 0 Å². The number of hydrogen-bond acceptors (Lipinski definition) is 6. The summed E-state index contributed by atoms with van der Waals surface area (Å²) in [4.78, 5) is 11.3. The molecule has 0 saturated carbocycles. The van der Waals surface area contributed by atoms with Crippen LogP contribution in [0.1, 0.15) is 18.5 Å². The molecule has 0 atom stereocenters. The Labute approximate surface area is 137 Å². The Morgan fingerprint density at radius 2 is 1.61 bits per heavy atom. The van der Waals surface area contributed by atoms with E-state index < -0.39 is 0 Å². The number of ether oxygens (including phenoxy) is 3. The summed E-state index contributed by atoms with van der Waals surface area (Å²) >= 11 is 0. The monoisotopic (exact) mass is 328 g/mol. The third-order valence-corrected chi connectivity index (χ3v) is 3.34. The minimum Gasteiger partial charge on any atom is -0.503 e. The van der Waals surface area contributed by atoms with Crippen molar-refractivity contribution in [3.8, 4) is 5.75 Å². The molecule has 7 heteroatoms. The number of aromatic nitrogens is 1. The van der Waals surface area contributed by atoms with Crippen LogP contribution in [0.5, 0.6) is 5.75 Å². The second-order valence-electron chi connectivity index (χ2n) is 5.14. The molecule has 1 aromatic heterocycles. The van der Waals surface area contributed by atoms with E-state index in [0.29, 0.717) is 58.4 Å². The molecule has 0 fully saturated rings. The predicted octanol–water partition coefficient (Wildman–Crippen LogP) is 0.651. The molecular formula is C16H28N2O5. The smallest absolute Gasteiger partial charge is 0.223 e. The summed E-state index contributed by atoms with van der Waals surface area (Å²) in [6.07, 6.45) is 3.35. The molecule has 0 radical (unpaired) electrons. The van der Waals surface area contributed by atoms with E-state index in [2.05, 4.69) is 0 Å². The molecule has 0 saturated heterocycles. The zero-order valence-corrected chi connectivity index (χ0v) is 13.8. The fourth-order valence-corrected chi connectivity index (χ4v) is 1.97. The molecule has 0 aliphatic carbocycles. The maximum atomic E-state index is 11.3. The van der Waals surface area contributed by atoms with Gasteiger partial charge < -0.3 is 29.6 Å². The van der Waals surface area contributed by atoms with Crippen molar-refractivity contribution >= 4 is 0 Å². The molecule has 7 nitrogen and oxygen atoms in total. The van der Waals surface area contributed by atoms with Crippen LogP contribution in [0.3, 0.4) is 0 Å². The van der Waals surface area contributed by atoms with Gasteiger partial charge in [0.15, 0.2) is 5.75 Å². The average Bonchev–Trinajstić information content (AvgIpc) is 2.55.